The SMILES string of the molecule is O=C(O)C1CN(C/C=C/c2ccc(F)cc2F)C1. The Morgan fingerprint density at radius 3 is 2.78 bits per heavy atom. The first-order valence-corrected chi connectivity index (χ1v) is 5.63. The zero-order valence-electron chi connectivity index (χ0n) is 9.64. The molecule has 1 aromatic rings. The second-order valence-electron chi connectivity index (χ2n) is 4.32. The molecule has 1 heterocycles. The topological polar surface area (TPSA) is 40.5 Å². The molecule has 96 valence electrons. The molecule has 0 aromatic heterocycles. The Balaban J connectivity index is 1.84. The van der Waals surface area contributed by atoms with Gasteiger partial charge in [0.15, 0.2) is 0 Å². The Morgan fingerprint density at radius 2 is 2.17 bits per heavy atom. The molecule has 5 heteroatoms. The van der Waals surface area contributed by atoms with E-state index in [-0.39, 0.29) is 5.92 Å². The largest absolute Gasteiger partial charge is 0.481 e. The van der Waals surface area contributed by atoms with Gasteiger partial charge in [-0.15, -0.1) is 0 Å². The van der Waals surface area contributed by atoms with Crippen LogP contribution in [0.5, 0.6) is 0 Å². The van der Waals surface area contributed by atoms with E-state index < -0.39 is 17.6 Å². The van der Waals surface area contributed by atoms with Gasteiger partial charge in [-0.1, -0.05) is 12.2 Å². The quantitative estimate of drug-likeness (QED) is 0.892. The molecule has 2 rings (SSSR count). The van der Waals surface area contributed by atoms with Gasteiger partial charge in [0.1, 0.15) is 11.6 Å². The van der Waals surface area contributed by atoms with Crippen LogP contribution in [0.15, 0.2) is 24.3 Å². The summed E-state index contributed by atoms with van der Waals surface area (Å²) in [6, 6.07) is 3.41. The summed E-state index contributed by atoms with van der Waals surface area (Å²) in [7, 11) is 0. The number of carboxylic acids is 1. The molecule has 1 saturated heterocycles. The van der Waals surface area contributed by atoms with Crippen LogP contribution in [-0.4, -0.2) is 35.6 Å². The van der Waals surface area contributed by atoms with Crippen molar-refractivity contribution in [3.63, 3.8) is 0 Å². The van der Waals surface area contributed by atoms with Crippen molar-refractivity contribution in [1.82, 2.24) is 4.90 Å². The summed E-state index contributed by atoms with van der Waals surface area (Å²) in [5.74, 6) is -2.27. The maximum Gasteiger partial charge on any atom is 0.309 e. The predicted octanol–water partition coefficient (Wildman–Crippen LogP) is 1.99. The zero-order chi connectivity index (χ0) is 13.1. The van der Waals surface area contributed by atoms with E-state index in [2.05, 4.69) is 0 Å². The first-order valence-electron chi connectivity index (χ1n) is 5.63. The highest BCUT2D eigenvalue weighted by atomic mass is 19.1. The number of nitrogens with zero attached hydrogens (tertiary/aromatic N) is 1. The lowest BCUT2D eigenvalue weighted by Crippen LogP contribution is -2.50. The highest BCUT2D eigenvalue weighted by molar-refractivity contribution is 5.71. The average Bonchev–Trinajstić information content (AvgIpc) is 2.23. The number of aliphatic carboxylic acids is 1. The number of carboxylic acid groups (broad SMARTS) is 1. The van der Waals surface area contributed by atoms with E-state index in [1.807, 2.05) is 4.90 Å². The second kappa shape index (κ2) is 5.27. The molecule has 0 unspecified atom stereocenters. The molecule has 0 atom stereocenters. The summed E-state index contributed by atoms with van der Waals surface area (Å²) in [5, 5.41) is 8.69. The number of benzene rings is 1. The molecule has 0 spiro atoms. The van der Waals surface area contributed by atoms with E-state index in [0.29, 0.717) is 25.2 Å². The minimum absolute atomic E-state index is 0.291. The van der Waals surface area contributed by atoms with Crippen molar-refractivity contribution in [2.24, 2.45) is 5.92 Å². The van der Waals surface area contributed by atoms with Gasteiger partial charge in [-0.2, -0.15) is 0 Å². The highest BCUT2D eigenvalue weighted by Crippen LogP contribution is 2.16. The first kappa shape index (κ1) is 12.7. The molecule has 1 N–H and O–H groups in total. The third-order valence-corrected chi connectivity index (χ3v) is 2.93. The number of hydrogen-bond acceptors (Lipinski definition) is 2. The van der Waals surface area contributed by atoms with Crippen LogP contribution >= 0.6 is 0 Å². The monoisotopic (exact) mass is 253 g/mol. The van der Waals surface area contributed by atoms with Gasteiger partial charge >= 0.3 is 5.97 Å². The molecule has 1 fully saturated rings. The van der Waals surface area contributed by atoms with E-state index in [1.54, 1.807) is 12.2 Å². The number of halogens is 2. The van der Waals surface area contributed by atoms with Crippen LogP contribution in [0.2, 0.25) is 0 Å². The molecule has 0 aliphatic carbocycles. The summed E-state index contributed by atoms with van der Waals surface area (Å²) in [4.78, 5) is 12.5. The van der Waals surface area contributed by atoms with E-state index in [1.165, 1.54) is 12.1 Å². The Hall–Kier alpha value is -1.75. The van der Waals surface area contributed by atoms with Crippen molar-refractivity contribution in [2.45, 2.75) is 0 Å². The Kier molecular flexibility index (Phi) is 3.72. The third-order valence-electron chi connectivity index (χ3n) is 2.93. The summed E-state index contributed by atoms with van der Waals surface area (Å²) < 4.78 is 25.9. The Labute approximate surface area is 103 Å². The first-order chi connectivity index (χ1) is 8.56. The molecule has 0 saturated carbocycles. The molecule has 3 nitrogen and oxygen atoms in total. The van der Waals surface area contributed by atoms with Crippen molar-refractivity contribution >= 4 is 12.0 Å². The maximum atomic E-state index is 13.3. The Bertz CT molecular complexity index is 482. The molecule has 1 aliphatic heterocycles. The minimum Gasteiger partial charge on any atom is -0.481 e. The van der Waals surface area contributed by atoms with Crippen LogP contribution in [0.3, 0.4) is 0 Å². The van der Waals surface area contributed by atoms with Crippen molar-refractivity contribution in [3.05, 3.63) is 41.5 Å². The molecule has 0 amide bonds. The Morgan fingerprint density at radius 1 is 1.44 bits per heavy atom. The van der Waals surface area contributed by atoms with Gasteiger partial charge in [0.05, 0.1) is 5.92 Å². The molecule has 1 aliphatic rings. The number of rotatable bonds is 4. The van der Waals surface area contributed by atoms with Gasteiger partial charge < -0.3 is 5.11 Å². The van der Waals surface area contributed by atoms with Crippen molar-refractivity contribution in [3.8, 4) is 0 Å². The molecule has 0 bridgehead atoms. The molecule has 1 aromatic carbocycles. The lowest BCUT2D eigenvalue weighted by Gasteiger charge is -2.35. The van der Waals surface area contributed by atoms with Gasteiger partial charge in [0.2, 0.25) is 0 Å². The fourth-order valence-electron chi connectivity index (χ4n) is 1.84. The normalized spacial score (nSPS) is 17.0. The summed E-state index contributed by atoms with van der Waals surface area (Å²) in [6.45, 7) is 1.61. The standard InChI is InChI=1S/C13H13F2NO2/c14-11-4-3-9(12(15)6-11)2-1-5-16-7-10(8-16)13(17)18/h1-4,6,10H,5,7-8H2,(H,17,18)/b2-1+. The van der Waals surface area contributed by atoms with Crippen LogP contribution in [0, 0.1) is 17.6 Å². The van der Waals surface area contributed by atoms with Gasteiger partial charge in [0, 0.05) is 31.3 Å². The average molecular weight is 253 g/mol. The maximum absolute atomic E-state index is 13.3. The highest BCUT2D eigenvalue weighted by Gasteiger charge is 2.31. The summed E-state index contributed by atoms with van der Waals surface area (Å²) >= 11 is 0. The number of likely N-dealkylation sites (tertiary alicyclic amines) is 1. The molecule has 0 radical (unpaired) electrons. The molecule has 18 heavy (non-hydrogen) atoms. The van der Waals surface area contributed by atoms with Crippen molar-refractivity contribution in [1.29, 1.82) is 0 Å². The second-order valence-corrected chi connectivity index (χ2v) is 4.32. The van der Waals surface area contributed by atoms with Crippen LogP contribution < -0.4 is 0 Å². The number of carbonyl (C=O) groups is 1. The predicted molar refractivity (Wildman–Crippen MR) is 63.0 cm³/mol. The molecular formula is C13H13F2NO2. The fourth-order valence-corrected chi connectivity index (χ4v) is 1.84. The lowest BCUT2D eigenvalue weighted by molar-refractivity contribution is -0.147. The smallest absolute Gasteiger partial charge is 0.309 e. The van der Waals surface area contributed by atoms with Gasteiger partial charge in [-0.25, -0.2) is 8.78 Å². The summed E-state index contributed by atoms with van der Waals surface area (Å²) in [5.41, 5.74) is 0.326. The van der Waals surface area contributed by atoms with Crippen LogP contribution in [0.1, 0.15) is 5.56 Å². The van der Waals surface area contributed by atoms with Gasteiger partial charge in [-0.3, -0.25) is 9.69 Å². The minimum atomic E-state index is -0.778. The van der Waals surface area contributed by atoms with Crippen molar-refractivity contribution < 1.29 is 18.7 Å². The van der Waals surface area contributed by atoms with Gasteiger partial charge in [0.25, 0.3) is 0 Å². The van der Waals surface area contributed by atoms with E-state index in [0.717, 1.165) is 6.07 Å². The van der Waals surface area contributed by atoms with Crippen LogP contribution in [0.4, 0.5) is 8.78 Å². The third kappa shape index (κ3) is 2.92. The number of hydrogen-bond donors (Lipinski definition) is 1. The lowest BCUT2D eigenvalue weighted by atomic mass is 10.0. The van der Waals surface area contributed by atoms with E-state index in [9.17, 15) is 13.6 Å². The van der Waals surface area contributed by atoms with Crippen LogP contribution in [0.25, 0.3) is 6.08 Å². The fraction of sp³-hybridized carbons (Fsp3) is 0.308. The van der Waals surface area contributed by atoms with Crippen molar-refractivity contribution in [2.75, 3.05) is 19.6 Å². The zero-order valence-corrected chi connectivity index (χ0v) is 9.64. The summed E-state index contributed by atoms with van der Waals surface area (Å²) in [6.07, 6.45) is 3.32. The van der Waals surface area contributed by atoms with Crippen LogP contribution in [-0.2, 0) is 4.79 Å². The molecular weight excluding hydrogens is 240 g/mol. The van der Waals surface area contributed by atoms with Gasteiger partial charge in [-0.05, 0) is 12.1 Å². The van der Waals surface area contributed by atoms with E-state index in [4.69, 9.17) is 5.11 Å². The van der Waals surface area contributed by atoms with E-state index >= 15 is 0 Å².